The zero-order valence-corrected chi connectivity index (χ0v) is 12.0. The topological polar surface area (TPSA) is 83.6 Å². The predicted octanol–water partition coefficient (Wildman–Crippen LogP) is 1.46. The van der Waals surface area contributed by atoms with E-state index >= 15 is 0 Å². The van der Waals surface area contributed by atoms with E-state index in [1.165, 1.54) is 0 Å². The van der Waals surface area contributed by atoms with Crippen molar-refractivity contribution in [3.05, 3.63) is 29.3 Å². The molecule has 0 saturated carbocycles. The highest BCUT2D eigenvalue weighted by Crippen LogP contribution is 2.41. The third-order valence-electron chi connectivity index (χ3n) is 3.92. The highest BCUT2D eigenvalue weighted by atomic mass is 16.4. The number of nitrogens with zero attached hydrogens (tertiary/aromatic N) is 1. The molecule has 0 saturated heterocycles. The lowest BCUT2D eigenvalue weighted by molar-refractivity contribution is -0.139. The maximum absolute atomic E-state index is 11.5. The fourth-order valence-corrected chi connectivity index (χ4v) is 2.97. The van der Waals surface area contributed by atoms with Crippen LogP contribution in [0, 0.1) is 0 Å². The highest BCUT2D eigenvalue weighted by molar-refractivity contribution is 5.86. The number of benzene rings is 1. The van der Waals surface area contributed by atoms with E-state index in [0.29, 0.717) is 5.56 Å². The van der Waals surface area contributed by atoms with E-state index in [1.54, 1.807) is 6.07 Å². The lowest BCUT2D eigenvalue weighted by Gasteiger charge is -2.19. The van der Waals surface area contributed by atoms with Crippen molar-refractivity contribution in [1.29, 1.82) is 0 Å². The van der Waals surface area contributed by atoms with Crippen LogP contribution in [-0.2, 0) is 15.0 Å². The molecule has 1 aliphatic heterocycles. The minimum Gasteiger partial charge on any atom is -0.481 e. The average Bonchev–Trinajstić information content (AvgIpc) is 2.56. The summed E-state index contributed by atoms with van der Waals surface area (Å²) in [5.74, 6) is -2.40. The Morgan fingerprint density at radius 3 is 2.65 bits per heavy atom. The van der Waals surface area contributed by atoms with Crippen molar-refractivity contribution in [2.45, 2.75) is 31.6 Å². The third kappa shape index (κ3) is 2.48. The van der Waals surface area contributed by atoms with Crippen LogP contribution in [0.5, 0.6) is 0 Å². The summed E-state index contributed by atoms with van der Waals surface area (Å²) in [5.41, 5.74) is 8.26. The van der Waals surface area contributed by atoms with Crippen LogP contribution in [-0.4, -0.2) is 30.6 Å². The number of likely N-dealkylation sites (N-methyl/N-ethyl adjacent to an activating group) is 1. The van der Waals surface area contributed by atoms with Crippen LogP contribution >= 0.6 is 0 Å². The molecular weight excluding hydrogens is 256 g/mol. The molecular formula is C15H20N2O3. The van der Waals surface area contributed by atoms with Gasteiger partial charge >= 0.3 is 5.97 Å². The first-order valence-electron chi connectivity index (χ1n) is 6.59. The number of carbonyl (C=O) groups is 2. The summed E-state index contributed by atoms with van der Waals surface area (Å²) in [5, 5.41) is 8.92. The number of fused-ring (bicyclic) bond motifs is 1. The number of aliphatic carboxylic acids is 1. The molecule has 0 bridgehead atoms. The number of amides is 1. The first kappa shape index (κ1) is 14.4. The zero-order valence-electron chi connectivity index (χ0n) is 12.0. The van der Waals surface area contributed by atoms with E-state index in [4.69, 9.17) is 10.8 Å². The monoisotopic (exact) mass is 276 g/mol. The summed E-state index contributed by atoms with van der Waals surface area (Å²) < 4.78 is 0. The molecule has 0 radical (unpaired) electrons. The van der Waals surface area contributed by atoms with E-state index < -0.39 is 17.8 Å². The molecule has 1 aromatic rings. The van der Waals surface area contributed by atoms with Gasteiger partial charge < -0.3 is 15.7 Å². The summed E-state index contributed by atoms with van der Waals surface area (Å²) >= 11 is 0. The summed E-state index contributed by atoms with van der Waals surface area (Å²) in [4.78, 5) is 24.6. The largest absolute Gasteiger partial charge is 0.481 e. The van der Waals surface area contributed by atoms with Crippen molar-refractivity contribution in [3.8, 4) is 0 Å². The number of nitrogens with two attached hydrogens (primary N) is 1. The highest BCUT2D eigenvalue weighted by Gasteiger charge is 2.34. The minimum atomic E-state index is -1.02. The first-order valence-corrected chi connectivity index (χ1v) is 6.59. The minimum absolute atomic E-state index is 0.0223. The SMILES string of the molecule is CN1CC(C)(C)c2cc(C(CC(=O)O)C(N)=O)ccc21. The molecule has 5 nitrogen and oxygen atoms in total. The van der Waals surface area contributed by atoms with Gasteiger partial charge in [-0.3, -0.25) is 9.59 Å². The number of primary amides is 1. The Bertz CT molecular complexity index is 566. The van der Waals surface area contributed by atoms with Gasteiger partial charge in [0.25, 0.3) is 0 Å². The van der Waals surface area contributed by atoms with Crippen LogP contribution in [0.2, 0.25) is 0 Å². The third-order valence-corrected chi connectivity index (χ3v) is 3.92. The van der Waals surface area contributed by atoms with Gasteiger partial charge in [0.15, 0.2) is 0 Å². The molecule has 0 aromatic heterocycles. The molecule has 1 atom stereocenters. The van der Waals surface area contributed by atoms with Crippen LogP contribution in [0.4, 0.5) is 5.69 Å². The van der Waals surface area contributed by atoms with Gasteiger partial charge in [-0.25, -0.2) is 0 Å². The average molecular weight is 276 g/mol. The van der Waals surface area contributed by atoms with Gasteiger partial charge in [0, 0.05) is 24.7 Å². The smallest absolute Gasteiger partial charge is 0.304 e. The number of rotatable bonds is 4. The fourth-order valence-electron chi connectivity index (χ4n) is 2.97. The molecule has 1 aliphatic rings. The van der Waals surface area contributed by atoms with Gasteiger partial charge in [-0.05, 0) is 17.2 Å². The number of carboxylic acid groups (broad SMARTS) is 1. The normalized spacial score (nSPS) is 17.6. The number of carboxylic acids is 1. The summed E-state index contributed by atoms with van der Waals surface area (Å²) in [6.45, 7) is 5.16. The van der Waals surface area contributed by atoms with E-state index in [1.807, 2.05) is 19.2 Å². The van der Waals surface area contributed by atoms with Gasteiger partial charge in [0.05, 0.1) is 12.3 Å². The van der Waals surface area contributed by atoms with Gasteiger partial charge in [0.2, 0.25) is 5.91 Å². The molecule has 1 amide bonds. The Morgan fingerprint density at radius 2 is 2.10 bits per heavy atom. The molecule has 5 heteroatoms. The lowest BCUT2D eigenvalue weighted by atomic mass is 9.84. The van der Waals surface area contributed by atoms with E-state index in [-0.39, 0.29) is 11.8 Å². The predicted molar refractivity (Wildman–Crippen MR) is 76.9 cm³/mol. The standard InChI is InChI=1S/C15H20N2O3/c1-15(2)8-17(3)12-5-4-9(6-11(12)15)10(14(16)20)7-13(18)19/h4-6,10H,7-8H2,1-3H3,(H2,16,20)(H,18,19). The van der Waals surface area contributed by atoms with Crippen LogP contribution in [0.3, 0.4) is 0 Å². The molecule has 0 aliphatic carbocycles. The van der Waals surface area contributed by atoms with Crippen molar-refractivity contribution in [1.82, 2.24) is 0 Å². The molecule has 20 heavy (non-hydrogen) atoms. The van der Waals surface area contributed by atoms with E-state index in [0.717, 1.165) is 17.8 Å². The van der Waals surface area contributed by atoms with E-state index in [2.05, 4.69) is 18.7 Å². The van der Waals surface area contributed by atoms with Crippen molar-refractivity contribution in [2.24, 2.45) is 5.73 Å². The number of hydrogen-bond donors (Lipinski definition) is 2. The van der Waals surface area contributed by atoms with E-state index in [9.17, 15) is 9.59 Å². The molecule has 108 valence electrons. The van der Waals surface area contributed by atoms with Gasteiger partial charge in [0.1, 0.15) is 0 Å². The zero-order chi connectivity index (χ0) is 15.1. The second kappa shape index (κ2) is 4.81. The number of hydrogen-bond acceptors (Lipinski definition) is 3. The number of anilines is 1. The molecule has 1 heterocycles. The van der Waals surface area contributed by atoms with Gasteiger partial charge in [-0.1, -0.05) is 26.0 Å². The second-order valence-electron chi connectivity index (χ2n) is 6.07. The molecule has 2 rings (SSSR count). The van der Waals surface area contributed by atoms with Gasteiger partial charge in [-0.15, -0.1) is 0 Å². The molecule has 3 N–H and O–H groups in total. The number of carbonyl (C=O) groups excluding carboxylic acids is 1. The Balaban J connectivity index is 2.44. The van der Waals surface area contributed by atoms with Gasteiger partial charge in [-0.2, -0.15) is 0 Å². The van der Waals surface area contributed by atoms with Crippen molar-refractivity contribution >= 4 is 17.6 Å². The Labute approximate surface area is 118 Å². The first-order chi connectivity index (χ1) is 9.22. The Hall–Kier alpha value is -2.04. The van der Waals surface area contributed by atoms with Crippen LogP contribution in [0.1, 0.15) is 37.3 Å². The summed E-state index contributed by atoms with van der Waals surface area (Å²) in [7, 11) is 2.02. The molecule has 1 unspecified atom stereocenters. The van der Waals surface area contributed by atoms with Crippen molar-refractivity contribution < 1.29 is 14.7 Å². The van der Waals surface area contributed by atoms with Crippen LogP contribution < -0.4 is 10.6 Å². The molecule has 0 fully saturated rings. The second-order valence-corrected chi connectivity index (χ2v) is 6.07. The maximum Gasteiger partial charge on any atom is 0.304 e. The fraction of sp³-hybridized carbons (Fsp3) is 0.467. The Morgan fingerprint density at radius 1 is 1.45 bits per heavy atom. The van der Waals surface area contributed by atoms with Crippen LogP contribution in [0.25, 0.3) is 0 Å². The summed E-state index contributed by atoms with van der Waals surface area (Å²) in [6, 6.07) is 5.67. The quantitative estimate of drug-likeness (QED) is 0.872. The van der Waals surface area contributed by atoms with Crippen molar-refractivity contribution in [2.75, 3.05) is 18.5 Å². The van der Waals surface area contributed by atoms with Crippen molar-refractivity contribution in [3.63, 3.8) is 0 Å². The van der Waals surface area contributed by atoms with Crippen LogP contribution in [0.15, 0.2) is 18.2 Å². The maximum atomic E-state index is 11.5. The lowest BCUT2D eigenvalue weighted by Crippen LogP contribution is -2.25. The molecule has 0 spiro atoms. The summed E-state index contributed by atoms with van der Waals surface area (Å²) in [6.07, 6.45) is -0.273. The Kier molecular flexibility index (Phi) is 3.46. The molecule has 1 aromatic carbocycles.